The van der Waals surface area contributed by atoms with Gasteiger partial charge in [-0.2, -0.15) is 0 Å². The molecule has 104 valence electrons. The molecule has 0 rings (SSSR count). The van der Waals surface area contributed by atoms with E-state index in [1.165, 1.54) is 19.3 Å². The molecule has 0 aliphatic rings. The first-order valence-corrected chi connectivity index (χ1v) is 8.10. The van der Waals surface area contributed by atoms with Crippen LogP contribution in [0.4, 0.5) is 0 Å². The van der Waals surface area contributed by atoms with E-state index in [9.17, 15) is 4.79 Å². The second kappa shape index (κ2) is 14.6. The number of carbonyl (C=O) groups is 1. The first kappa shape index (κ1) is 17.5. The van der Waals surface area contributed by atoms with Crippen LogP contribution < -0.4 is 0 Å². The van der Waals surface area contributed by atoms with Crippen LogP contribution >= 0.6 is 15.9 Å². The Labute approximate surface area is 120 Å². The van der Waals surface area contributed by atoms with Gasteiger partial charge in [0.25, 0.3) is 0 Å². The number of alkyl halides is 1. The van der Waals surface area contributed by atoms with Gasteiger partial charge in [-0.1, -0.05) is 60.4 Å². The van der Waals surface area contributed by atoms with Crippen LogP contribution in [-0.4, -0.2) is 17.9 Å². The fourth-order valence-electron chi connectivity index (χ4n) is 1.49. The van der Waals surface area contributed by atoms with Crippen molar-refractivity contribution in [1.82, 2.24) is 0 Å². The number of hydrogen-bond donors (Lipinski definition) is 0. The number of hydrogen-bond acceptors (Lipinski definition) is 2. The zero-order valence-corrected chi connectivity index (χ0v) is 13.1. The summed E-state index contributed by atoms with van der Waals surface area (Å²) in [4.78, 5) is 11.3. The van der Waals surface area contributed by atoms with E-state index in [0.29, 0.717) is 6.42 Å². The van der Waals surface area contributed by atoms with E-state index in [2.05, 4.69) is 34.7 Å². The first-order chi connectivity index (χ1) is 8.81. The molecule has 18 heavy (non-hydrogen) atoms. The molecule has 0 bridgehead atoms. The molecule has 0 saturated carbocycles. The molecule has 0 N–H and O–H groups in total. The Hall–Kier alpha value is -0.490. The molecule has 2 nitrogen and oxygen atoms in total. The summed E-state index contributed by atoms with van der Waals surface area (Å²) in [5.74, 6) is 5.76. The van der Waals surface area contributed by atoms with Crippen molar-refractivity contribution in [1.29, 1.82) is 0 Å². The van der Waals surface area contributed by atoms with Gasteiger partial charge < -0.3 is 4.74 Å². The zero-order chi connectivity index (χ0) is 13.5. The van der Waals surface area contributed by atoms with Crippen LogP contribution in [0, 0.1) is 11.8 Å². The van der Waals surface area contributed by atoms with E-state index in [1.807, 2.05) is 0 Å². The third-order valence-corrected chi connectivity index (χ3v) is 3.16. The molecule has 0 radical (unpaired) electrons. The average Bonchev–Trinajstić information content (AvgIpc) is 2.38. The highest BCUT2D eigenvalue weighted by atomic mass is 79.9. The summed E-state index contributed by atoms with van der Waals surface area (Å²) in [7, 11) is 0. The average molecular weight is 317 g/mol. The van der Waals surface area contributed by atoms with Crippen LogP contribution in [0.5, 0.6) is 0 Å². The van der Waals surface area contributed by atoms with Crippen molar-refractivity contribution in [2.24, 2.45) is 0 Å². The molecule has 0 aromatic carbocycles. The van der Waals surface area contributed by atoms with Gasteiger partial charge in [-0.05, 0) is 19.3 Å². The number of ether oxygens (including phenoxy) is 1. The lowest BCUT2D eigenvalue weighted by Gasteiger charge is -2.01. The Morgan fingerprint density at radius 2 is 1.78 bits per heavy atom. The number of rotatable bonds is 10. The molecule has 0 aliphatic carbocycles. The molecule has 0 fully saturated rings. The van der Waals surface area contributed by atoms with E-state index in [-0.39, 0.29) is 12.6 Å². The minimum atomic E-state index is -0.111. The Morgan fingerprint density at radius 1 is 1.06 bits per heavy atom. The molecule has 0 aliphatic heterocycles. The molecule has 0 aromatic rings. The fourth-order valence-corrected chi connectivity index (χ4v) is 1.88. The van der Waals surface area contributed by atoms with Gasteiger partial charge in [0.2, 0.25) is 0 Å². The number of unbranched alkanes of at least 4 members (excludes halogenated alkanes) is 6. The highest BCUT2D eigenvalue weighted by Gasteiger charge is 2.00. The van der Waals surface area contributed by atoms with Gasteiger partial charge in [-0.15, -0.1) is 0 Å². The van der Waals surface area contributed by atoms with E-state index in [0.717, 1.165) is 37.4 Å². The summed E-state index contributed by atoms with van der Waals surface area (Å²) in [5, 5.41) is 1.08. The van der Waals surface area contributed by atoms with Gasteiger partial charge in [0.05, 0.1) is 0 Å². The zero-order valence-electron chi connectivity index (χ0n) is 11.5. The molecule has 0 spiro atoms. The second-order valence-electron chi connectivity index (χ2n) is 4.32. The maximum Gasteiger partial charge on any atom is 0.306 e. The lowest BCUT2D eigenvalue weighted by atomic mass is 10.1. The van der Waals surface area contributed by atoms with Crippen molar-refractivity contribution in [2.45, 2.75) is 64.7 Å². The molecule has 3 heteroatoms. The normalized spacial score (nSPS) is 9.67. The van der Waals surface area contributed by atoms with Crippen molar-refractivity contribution < 1.29 is 9.53 Å². The Kier molecular flexibility index (Phi) is 14.2. The standard InChI is InChI=1S/C15H25BrO2/c1-2-3-4-8-11-14-18-15(17)12-9-6-5-7-10-13-16/h2-7,9-10,12-14H2,1H3. The highest BCUT2D eigenvalue weighted by molar-refractivity contribution is 9.09. The summed E-state index contributed by atoms with van der Waals surface area (Å²) in [6, 6.07) is 0. The van der Waals surface area contributed by atoms with Crippen LogP contribution in [0.25, 0.3) is 0 Å². The van der Waals surface area contributed by atoms with Crippen molar-refractivity contribution >= 4 is 21.9 Å². The van der Waals surface area contributed by atoms with Crippen LogP contribution in [0.3, 0.4) is 0 Å². The van der Waals surface area contributed by atoms with Crippen molar-refractivity contribution in [3.8, 4) is 11.8 Å². The number of esters is 1. The SMILES string of the molecule is CCCCC#CCOC(=O)CCCCCCCBr. The summed E-state index contributed by atoms with van der Waals surface area (Å²) in [6.45, 7) is 2.39. The first-order valence-electron chi connectivity index (χ1n) is 6.98. The van der Waals surface area contributed by atoms with E-state index >= 15 is 0 Å². The molecule has 0 amide bonds. The third kappa shape index (κ3) is 13.6. The molecule has 0 heterocycles. The van der Waals surface area contributed by atoms with Crippen molar-refractivity contribution in [2.75, 3.05) is 11.9 Å². The smallest absolute Gasteiger partial charge is 0.306 e. The molecular weight excluding hydrogens is 292 g/mol. The van der Waals surface area contributed by atoms with Crippen molar-refractivity contribution in [3.05, 3.63) is 0 Å². The maximum absolute atomic E-state index is 11.3. The third-order valence-electron chi connectivity index (χ3n) is 2.60. The van der Waals surface area contributed by atoms with E-state index < -0.39 is 0 Å². The van der Waals surface area contributed by atoms with Gasteiger partial charge in [0, 0.05) is 18.2 Å². The Balaban J connectivity index is 3.28. The predicted octanol–water partition coefficient (Wildman–Crippen LogP) is 4.46. The summed E-state index contributed by atoms with van der Waals surface area (Å²) < 4.78 is 5.03. The predicted molar refractivity (Wildman–Crippen MR) is 79.8 cm³/mol. The van der Waals surface area contributed by atoms with Crippen LogP contribution in [0.15, 0.2) is 0 Å². The van der Waals surface area contributed by atoms with Gasteiger partial charge in [0.15, 0.2) is 6.61 Å². The van der Waals surface area contributed by atoms with Crippen molar-refractivity contribution in [3.63, 3.8) is 0 Å². The minimum absolute atomic E-state index is 0.111. The summed E-state index contributed by atoms with van der Waals surface area (Å²) in [6.07, 6.45) is 9.43. The lowest BCUT2D eigenvalue weighted by molar-refractivity contribution is -0.142. The monoisotopic (exact) mass is 316 g/mol. The second-order valence-corrected chi connectivity index (χ2v) is 5.12. The number of halogens is 1. The summed E-state index contributed by atoms with van der Waals surface area (Å²) in [5.41, 5.74) is 0. The molecule has 0 atom stereocenters. The number of carbonyl (C=O) groups excluding carboxylic acids is 1. The highest BCUT2D eigenvalue weighted by Crippen LogP contribution is 2.07. The van der Waals surface area contributed by atoms with Crippen LogP contribution in [0.1, 0.15) is 64.7 Å². The van der Waals surface area contributed by atoms with Gasteiger partial charge >= 0.3 is 5.97 Å². The van der Waals surface area contributed by atoms with E-state index in [4.69, 9.17) is 4.74 Å². The van der Waals surface area contributed by atoms with Crippen LogP contribution in [0.2, 0.25) is 0 Å². The fraction of sp³-hybridized carbons (Fsp3) is 0.800. The van der Waals surface area contributed by atoms with Gasteiger partial charge in [-0.3, -0.25) is 4.79 Å². The summed E-state index contributed by atoms with van der Waals surface area (Å²) >= 11 is 3.41. The minimum Gasteiger partial charge on any atom is -0.452 e. The van der Waals surface area contributed by atoms with Gasteiger partial charge in [-0.25, -0.2) is 0 Å². The molecule has 0 unspecified atom stereocenters. The lowest BCUT2D eigenvalue weighted by Crippen LogP contribution is -2.04. The molecule has 0 aromatic heterocycles. The largest absolute Gasteiger partial charge is 0.452 e. The quantitative estimate of drug-likeness (QED) is 0.257. The van der Waals surface area contributed by atoms with Crippen LogP contribution in [-0.2, 0) is 9.53 Å². The van der Waals surface area contributed by atoms with Gasteiger partial charge in [0.1, 0.15) is 0 Å². The molecule has 0 saturated heterocycles. The molecular formula is C15H25BrO2. The topological polar surface area (TPSA) is 26.3 Å². The Morgan fingerprint density at radius 3 is 2.50 bits per heavy atom. The Bertz CT molecular complexity index is 253. The van der Waals surface area contributed by atoms with E-state index in [1.54, 1.807) is 0 Å². The maximum atomic E-state index is 11.3.